The molecule has 0 atom stereocenters. The van der Waals surface area contributed by atoms with Crippen molar-refractivity contribution in [1.29, 1.82) is 5.26 Å². The number of pyridine rings is 1. The molecule has 0 aliphatic rings. The lowest BCUT2D eigenvalue weighted by atomic mass is 9.96. The van der Waals surface area contributed by atoms with Gasteiger partial charge in [-0.3, -0.25) is 9.59 Å². The van der Waals surface area contributed by atoms with E-state index in [1.807, 2.05) is 10.8 Å². The Labute approximate surface area is 258 Å². The summed E-state index contributed by atoms with van der Waals surface area (Å²) in [5, 5.41) is 16.3. The van der Waals surface area contributed by atoms with Crippen LogP contribution in [0.25, 0.3) is 22.4 Å². The molecule has 3 aromatic heterocycles. The molecule has 0 unspecified atom stereocenters. The van der Waals surface area contributed by atoms with Crippen molar-refractivity contribution in [2.75, 3.05) is 25.8 Å². The highest BCUT2D eigenvalue weighted by Crippen LogP contribution is 2.37. The number of rotatable bonds is 12. The summed E-state index contributed by atoms with van der Waals surface area (Å²) in [5.74, 6) is -0.412. The lowest BCUT2D eigenvalue weighted by Crippen LogP contribution is -2.25. The van der Waals surface area contributed by atoms with Crippen LogP contribution < -0.4 is 15.4 Å². The Balaban J connectivity index is 1.52. The van der Waals surface area contributed by atoms with Gasteiger partial charge < -0.3 is 29.1 Å². The molecule has 0 spiro atoms. The summed E-state index contributed by atoms with van der Waals surface area (Å²) in [7, 11) is 1.49. The van der Waals surface area contributed by atoms with Crippen LogP contribution in [0.4, 0.5) is 5.82 Å². The van der Waals surface area contributed by atoms with Gasteiger partial charge in [0.05, 0.1) is 18.3 Å². The van der Waals surface area contributed by atoms with Crippen molar-refractivity contribution in [3.8, 4) is 34.2 Å². The van der Waals surface area contributed by atoms with Crippen LogP contribution >= 0.6 is 11.6 Å². The van der Waals surface area contributed by atoms with Crippen LogP contribution in [0.15, 0.2) is 90.1 Å². The van der Waals surface area contributed by atoms with E-state index in [2.05, 4.69) is 26.7 Å². The highest BCUT2D eigenvalue weighted by atomic mass is 35.5. The number of carbonyl (C=O) groups excluding carboxylic acids is 2. The molecule has 2 N–H and O–H groups in total. The molecular weight excluding hydrogens is 584 g/mol. The smallest absolute Gasteiger partial charge is 0.292 e. The topological polar surface area (TPSA) is 144 Å². The molecule has 12 heteroatoms. The van der Waals surface area contributed by atoms with Gasteiger partial charge in [0.25, 0.3) is 11.8 Å². The van der Waals surface area contributed by atoms with E-state index in [4.69, 9.17) is 25.5 Å². The Morgan fingerprint density at radius 3 is 2.73 bits per heavy atom. The Morgan fingerprint density at radius 1 is 1.09 bits per heavy atom. The first kappa shape index (κ1) is 30.0. The van der Waals surface area contributed by atoms with E-state index in [0.717, 1.165) is 13.0 Å². The maximum absolute atomic E-state index is 13.0. The number of anilines is 1. The second kappa shape index (κ2) is 14.2. The minimum Gasteiger partial charge on any atom is -0.467 e. The van der Waals surface area contributed by atoms with Crippen molar-refractivity contribution in [1.82, 2.24) is 19.9 Å². The number of ether oxygens (including phenoxy) is 2. The van der Waals surface area contributed by atoms with Crippen LogP contribution in [0.5, 0.6) is 5.75 Å². The van der Waals surface area contributed by atoms with Gasteiger partial charge in [0, 0.05) is 54.3 Å². The quantitative estimate of drug-likeness (QED) is 0.133. The van der Waals surface area contributed by atoms with Gasteiger partial charge in [-0.2, -0.15) is 5.26 Å². The van der Waals surface area contributed by atoms with Crippen molar-refractivity contribution in [2.45, 2.75) is 13.0 Å². The van der Waals surface area contributed by atoms with Crippen LogP contribution in [0, 0.1) is 11.3 Å². The largest absolute Gasteiger partial charge is 0.467 e. The molecule has 0 saturated carbocycles. The second-order valence-corrected chi connectivity index (χ2v) is 9.94. The molecule has 222 valence electrons. The monoisotopic (exact) mass is 610 g/mol. The number of nitrogens with one attached hydrogen (secondary N) is 2. The Hall–Kier alpha value is -5.44. The SMILES string of the molecule is COCOc1cc(Cl)ccc1-c1cc(-c2cccc(C(=O)NCCCn3ccnc3)c2)c(C#N)c(NC(=O)c2ccco2)n1. The molecule has 11 nitrogen and oxygen atoms in total. The third kappa shape index (κ3) is 7.12. The van der Waals surface area contributed by atoms with Crippen LogP contribution in [0.1, 0.15) is 32.9 Å². The van der Waals surface area contributed by atoms with Crippen molar-refractivity contribution in [3.05, 3.63) is 108 Å². The number of aromatic nitrogens is 3. The van der Waals surface area contributed by atoms with Gasteiger partial charge in [-0.15, -0.1) is 0 Å². The van der Waals surface area contributed by atoms with Gasteiger partial charge in [-0.25, -0.2) is 9.97 Å². The number of benzene rings is 2. The van der Waals surface area contributed by atoms with Crippen molar-refractivity contribution in [2.24, 2.45) is 0 Å². The van der Waals surface area contributed by atoms with Gasteiger partial charge >= 0.3 is 0 Å². The first-order chi connectivity index (χ1) is 21.5. The van der Waals surface area contributed by atoms with Crippen LogP contribution in [0.3, 0.4) is 0 Å². The summed E-state index contributed by atoms with van der Waals surface area (Å²) in [6, 6.07) is 18.8. The first-order valence-corrected chi connectivity index (χ1v) is 13.9. The fourth-order valence-electron chi connectivity index (χ4n) is 4.45. The number of hydrogen-bond donors (Lipinski definition) is 2. The van der Waals surface area contributed by atoms with Gasteiger partial charge in [-0.1, -0.05) is 23.7 Å². The molecule has 0 aliphatic heterocycles. The Bertz CT molecular complexity index is 1800. The summed E-state index contributed by atoms with van der Waals surface area (Å²) in [6.45, 7) is 1.14. The van der Waals surface area contributed by atoms with E-state index in [1.165, 1.54) is 19.4 Å². The lowest BCUT2D eigenvalue weighted by Gasteiger charge is -2.16. The number of nitriles is 1. The van der Waals surface area contributed by atoms with E-state index >= 15 is 0 Å². The predicted molar refractivity (Wildman–Crippen MR) is 163 cm³/mol. The van der Waals surface area contributed by atoms with Gasteiger partial charge in [0.1, 0.15) is 17.4 Å². The van der Waals surface area contributed by atoms with Crippen molar-refractivity contribution in [3.63, 3.8) is 0 Å². The standard InChI is InChI=1S/C32H27ClN6O5/c1-42-20-44-29-16-23(33)8-9-24(29)27-17-25(26(18-34)30(37-27)38-32(41)28-7-3-14-43-28)21-5-2-6-22(15-21)31(40)36-10-4-12-39-13-11-35-19-39/h2-3,5-9,11,13-17,19H,4,10,12,20H2,1H3,(H,36,40)(H,37,38,41). The molecule has 0 radical (unpaired) electrons. The third-order valence-corrected chi connectivity index (χ3v) is 6.77. The number of furan rings is 1. The zero-order valence-corrected chi connectivity index (χ0v) is 24.4. The number of aryl methyl sites for hydroxylation is 1. The number of carbonyl (C=O) groups is 2. The van der Waals surface area contributed by atoms with Crippen molar-refractivity contribution >= 4 is 29.2 Å². The average molecular weight is 611 g/mol. The van der Waals surface area contributed by atoms with Crippen LogP contribution in [0.2, 0.25) is 5.02 Å². The number of nitrogens with zero attached hydrogens (tertiary/aromatic N) is 4. The Morgan fingerprint density at radius 2 is 1.98 bits per heavy atom. The number of hydrogen-bond acceptors (Lipinski definition) is 8. The van der Waals surface area contributed by atoms with Gasteiger partial charge in [-0.05, 0) is 60.5 Å². The molecule has 0 aliphatic carbocycles. The zero-order chi connectivity index (χ0) is 30.9. The molecule has 5 aromatic rings. The van der Waals surface area contributed by atoms with Crippen LogP contribution in [-0.2, 0) is 11.3 Å². The number of halogens is 1. The minimum absolute atomic E-state index is 0.00315. The summed E-state index contributed by atoms with van der Waals surface area (Å²) in [5.41, 5.74) is 2.43. The average Bonchev–Trinajstić information content (AvgIpc) is 3.77. The lowest BCUT2D eigenvalue weighted by molar-refractivity contribution is 0.0515. The molecule has 3 heterocycles. The normalized spacial score (nSPS) is 10.7. The minimum atomic E-state index is -0.585. The van der Waals surface area contributed by atoms with Crippen LogP contribution in [-0.4, -0.2) is 46.8 Å². The summed E-state index contributed by atoms with van der Waals surface area (Å²) >= 11 is 6.24. The molecule has 2 aromatic carbocycles. The van der Waals surface area contributed by atoms with Gasteiger partial charge in [0.2, 0.25) is 0 Å². The highest BCUT2D eigenvalue weighted by Gasteiger charge is 2.21. The fraction of sp³-hybridized carbons (Fsp3) is 0.156. The third-order valence-electron chi connectivity index (χ3n) is 6.53. The van der Waals surface area contributed by atoms with E-state index in [1.54, 1.807) is 67.1 Å². The first-order valence-electron chi connectivity index (χ1n) is 13.5. The molecule has 5 rings (SSSR count). The molecule has 44 heavy (non-hydrogen) atoms. The number of imidazole rings is 1. The Kier molecular flexibility index (Phi) is 9.66. The summed E-state index contributed by atoms with van der Waals surface area (Å²) < 4.78 is 18.0. The molecule has 2 amide bonds. The molecule has 0 bridgehead atoms. The maximum atomic E-state index is 13.0. The second-order valence-electron chi connectivity index (χ2n) is 9.50. The van der Waals surface area contributed by atoms with E-state index < -0.39 is 5.91 Å². The maximum Gasteiger partial charge on any atom is 0.292 e. The molecule has 0 fully saturated rings. The summed E-state index contributed by atoms with van der Waals surface area (Å²) in [6.07, 6.45) is 7.39. The fourth-order valence-corrected chi connectivity index (χ4v) is 4.62. The molecule has 0 saturated heterocycles. The van der Waals surface area contributed by atoms with E-state index in [9.17, 15) is 14.9 Å². The van der Waals surface area contributed by atoms with E-state index in [-0.39, 0.29) is 29.8 Å². The predicted octanol–water partition coefficient (Wildman–Crippen LogP) is 5.79. The number of methoxy groups -OCH3 is 1. The zero-order valence-electron chi connectivity index (χ0n) is 23.6. The van der Waals surface area contributed by atoms with E-state index in [0.29, 0.717) is 45.3 Å². The molecular formula is C32H27ClN6O5. The van der Waals surface area contributed by atoms with Gasteiger partial charge in [0.15, 0.2) is 18.4 Å². The number of amides is 2. The summed E-state index contributed by atoms with van der Waals surface area (Å²) in [4.78, 5) is 34.7. The highest BCUT2D eigenvalue weighted by molar-refractivity contribution is 6.30. The van der Waals surface area contributed by atoms with Crippen molar-refractivity contribution < 1.29 is 23.5 Å².